The topological polar surface area (TPSA) is 50.3 Å². The fraction of sp³-hybridized carbons (Fsp3) is 0.435. The first-order valence-corrected chi connectivity index (χ1v) is 9.95. The van der Waals surface area contributed by atoms with Crippen LogP contribution in [0.2, 0.25) is 0 Å². The first-order chi connectivity index (χ1) is 13.1. The third-order valence-corrected chi connectivity index (χ3v) is 6.14. The van der Waals surface area contributed by atoms with Crippen molar-refractivity contribution in [1.82, 2.24) is 9.88 Å². The van der Waals surface area contributed by atoms with Crippen LogP contribution in [0.4, 0.5) is 0 Å². The smallest absolute Gasteiger partial charge is 0.226 e. The largest absolute Gasteiger partial charge is 0.342 e. The van der Waals surface area contributed by atoms with Gasteiger partial charge in [-0.15, -0.1) is 0 Å². The summed E-state index contributed by atoms with van der Waals surface area (Å²) in [6.07, 6.45) is 5.46. The number of pyridine rings is 1. The number of hydrogen-bond acceptors (Lipinski definition) is 3. The monoisotopic (exact) mass is 362 g/mol. The van der Waals surface area contributed by atoms with E-state index in [1.807, 2.05) is 11.0 Å². The van der Waals surface area contributed by atoms with Gasteiger partial charge >= 0.3 is 0 Å². The summed E-state index contributed by atoms with van der Waals surface area (Å²) in [5, 5.41) is 0. The fourth-order valence-corrected chi connectivity index (χ4v) is 4.56. The maximum absolute atomic E-state index is 13.1. The van der Waals surface area contributed by atoms with Crippen molar-refractivity contribution >= 4 is 11.7 Å². The molecule has 2 aliphatic rings. The standard InChI is InChI=1S/C23H26N2O2/c1-16-5-2-3-6-19(16)17-10-13-25(14-11-17)23(27)18-8-9-21-20(22(26)15-18)7-4-12-24-21/h2-7,12,17-18H,8-11,13-15H2,1H3. The zero-order chi connectivity index (χ0) is 18.8. The van der Waals surface area contributed by atoms with E-state index in [-0.39, 0.29) is 17.6 Å². The van der Waals surface area contributed by atoms with Gasteiger partial charge in [0.05, 0.1) is 5.69 Å². The van der Waals surface area contributed by atoms with E-state index in [9.17, 15) is 9.59 Å². The summed E-state index contributed by atoms with van der Waals surface area (Å²) in [7, 11) is 0. The number of piperidine rings is 1. The number of aromatic nitrogens is 1. The zero-order valence-corrected chi connectivity index (χ0v) is 15.9. The Labute approximate surface area is 160 Å². The highest BCUT2D eigenvalue weighted by molar-refractivity contribution is 6.00. The maximum Gasteiger partial charge on any atom is 0.226 e. The number of carbonyl (C=O) groups excluding carboxylic acids is 2. The summed E-state index contributed by atoms with van der Waals surface area (Å²) >= 11 is 0. The summed E-state index contributed by atoms with van der Waals surface area (Å²) in [5.74, 6) is 0.532. The highest BCUT2D eigenvalue weighted by Crippen LogP contribution is 2.32. The second-order valence-corrected chi connectivity index (χ2v) is 7.82. The number of ketones is 1. The molecule has 0 saturated carbocycles. The van der Waals surface area contributed by atoms with Gasteiger partial charge in [-0.3, -0.25) is 14.6 Å². The Bertz CT molecular complexity index is 853. The number of rotatable bonds is 2. The second-order valence-electron chi connectivity index (χ2n) is 7.82. The number of fused-ring (bicyclic) bond motifs is 1. The molecule has 2 aromatic rings. The normalized spacial score (nSPS) is 20.9. The van der Waals surface area contributed by atoms with Crippen molar-refractivity contribution in [2.24, 2.45) is 5.92 Å². The Hall–Kier alpha value is -2.49. The summed E-state index contributed by atoms with van der Waals surface area (Å²) in [5.41, 5.74) is 4.29. The third-order valence-electron chi connectivity index (χ3n) is 6.14. The second kappa shape index (κ2) is 7.63. The van der Waals surface area contributed by atoms with Gasteiger partial charge in [0.1, 0.15) is 0 Å². The van der Waals surface area contributed by atoms with Crippen LogP contribution in [-0.2, 0) is 11.2 Å². The first kappa shape index (κ1) is 17.9. The summed E-state index contributed by atoms with van der Waals surface area (Å²) in [6, 6.07) is 12.2. The molecule has 0 bridgehead atoms. The molecule has 1 unspecified atom stereocenters. The van der Waals surface area contributed by atoms with Crippen LogP contribution < -0.4 is 0 Å². The summed E-state index contributed by atoms with van der Waals surface area (Å²) < 4.78 is 0. The lowest BCUT2D eigenvalue weighted by Crippen LogP contribution is -2.41. The van der Waals surface area contributed by atoms with Crippen LogP contribution in [0.5, 0.6) is 0 Å². The molecule has 1 fully saturated rings. The van der Waals surface area contributed by atoms with Gasteiger partial charge in [0.15, 0.2) is 5.78 Å². The Morgan fingerprint density at radius 2 is 1.85 bits per heavy atom. The van der Waals surface area contributed by atoms with E-state index in [0.717, 1.165) is 31.6 Å². The molecule has 1 saturated heterocycles. The molecule has 1 amide bonds. The molecule has 0 radical (unpaired) electrons. The lowest BCUT2D eigenvalue weighted by molar-refractivity contribution is -0.136. The summed E-state index contributed by atoms with van der Waals surface area (Å²) in [4.78, 5) is 32.0. The van der Waals surface area contributed by atoms with Gasteiger partial charge in [-0.25, -0.2) is 0 Å². The maximum atomic E-state index is 13.1. The van der Waals surface area contributed by atoms with Gasteiger partial charge in [-0.2, -0.15) is 0 Å². The fourth-order valence-electron chi connectivity index (χ4n) is 4.56. The SMILES string of the molecule is Cc1ccccc1C1CCN(C(=O)C2CCc3ncccc3C(=O)C2)CC1. The molecule has 1 aromatic heterocycles. The molecule has 4 rings (SSSR count). The van der Waals surface area contributed by atoms with Crippen molar-refractivity contribution in [3.05, 3.63) is 65.0 Å². The molecule has 0 spiro atoms. The first-order valence-electron chi connectivity index (χ1n) is 9.95. The van der Waals surface area contributed by atoms with Gasteiger partial charge in [-0.05, 0) is 61.8 Å². The van der Waals surface area contributed by atoms with Crippen LogP contribution in [0.15, 0.2) is 42.6 Å². The lowest BCUT2D eigenvalue weighted by atomic mass is 9.86. The molecule has 27 heavy (non-hydrogen) atoms. The molecule has 140 valence electrons. The van der Waals surface area contributed by atoms with Gasteiger partial charge in [0.25, 0.3) is 0 Å². The number of hydrogen-bond donors (Lipinski definition) is 0. The average molecular weight is 362 g/mol. The van der Waals surface area contributed by atoms with Crippen LogP contribution in [0, 0.1) is 12.8 Å². The molecule has 1 aromatic carbocycles. The number of aryl methyl sites for hydroxylation is 2. The Kier molecular flexibility index (Phi) is 5.06. The van der Waals surface area contributed by atoms with E-state index in [1.54, 1.807) is 12.3 Å². The number of carbonyl (C=O) groups is 2. The number of Topliss-reactive ketones (excluding diaryl/α,β-unsaturated/α-hetero) is 1. The van der Waals surface area contributed by atoms with Crippen molar-refractivity contribution in [1.29, 1.82) is 0 Å². The highest BCUT2D eigenvalue weighted by atomic mass is 16.2. The number of nitrogens with zero attached hydrogens (tertiary/aromatic N) is 2. The van der Waals surface area contributed by atoms with E-state index >= 15 is 0 Å². The molecular weight excluding hydrogens is 336 g/mol. The van der Waals surface area contributed by atoms with Crippen molar-refractivity contribution in [3.8, 4) is 0 Å². The molecule has 4 nitrogen and oxygen atoms in total. The highest BCUT2D eigenvalue weighted by Gasteiger charge is 2.32. The van der Waals surface area contributed by atoms with Gasteiger partial charge < -0.3 is 4.90 Å². The van der Waals surface area contributed by atoms with Crippen LogP contribution in [0.3, 0.4) is 0 Å². The number of amides is 1. The van der Waals surface area contributed by atoms with E-state index in [0.29, 0.717) is 30.7 Å². The molecule has 2 heterocycles. The lowest BCUT2D eigenvalue weighted by Gasteiger charge is -2.34. The predicted molar refractivity (Wildman–Crippen MR) is 105 cm³/mol. The average Bonchev–Trinajstić information content (AvgIpc) is 2.87. The van der Waals surface area contributed by atoms with Gasteiger partial charge in [-0.1, -0.05) is 24.3 Å². The van der Waals surface area contributed by atoms with E-state index in [4.69, 9.17) is 0 Å². The van der Waals surface area contributed by atoms with Gasteiger partial charge in [0.2, 0.25) is 5.91 Å². The molecule has 0 N–H and O–H groups in total. The van der Waals surface area contributed by atoms with Crippen molar-refractivity contribution in [2.75, 3.05) is 13.1 Å². The molecular formula is C23H26N2O2. The Balaban J connectivity index is 1.40. The summed E-state index contributed by atoms with van der Waals surface area (Å²) in [6.45, 7) is 3.73. The quantitative estimate of drug-likeness (QED) is 0.761. The number of benzene rings is 1. The van der Waals surface area contributed by atoms with Crippen LogP contribution >= 0.6 is 0 Å². The van der Waals surface area contributed by atoms with E-state index in [2.05, 4.69) is 36.2 Å². The van der Waals surface area contributed by atoms with Crippen molar-refractivity contribution in [2.45, 2.75) is 44.9 Å². The minimum Gasteiger partial charge on any atom is -0.342 e. The van der Waals surface area contributed by atoms with E-state index in [1.165, 1.54) is 11.1 Å². The minimum atomic E-state index is -0.207. The number of likely N-dealkylation sites (tertiary alicyclic amines) is 1. The third kappa shape index (κ3) is 3.66. The molecule has 4 heteroatoms. The van der Waals surface area contributed by atoms with Crippen LogP contribution in [0.25, 0.3) is 0 Å². The van der Waals surface area contributed by atoms with Gasteiger partial charge in [0, 0.05) is 37.2 Å². The zero-order valence-electron chi connectivity index (χ0n) is 15.9. The van der Waals surface area contributed by atoms with Crippen LogP contribution in [0.1, 0.15) is 58.8 Å². The molecule has 1 atom stereocenters. The van der Waals surface area contributed by atoms with Crippen LogP contribution in [-0.4, -0.2) is 34.7 Å². The Morgan fingerprint density at radius 3 is 2.63 bits per heavy atom. The predicted octanol–water partition coefficient (Wildman–Crippen LogP) is 3.93. The molecule has 1 aliphatic carbocycles. The van der Waals surface area contributed by atoms with Crippen molar-refractivity contribution < 1.29 is 9.59 Å². The molecule has 1 aliphatic heterocycles. The Morgan fingerprint density at radius 1 is 1.07 bits per heavy atom. The van der Waals surface area contributed by atoms with Crippen molar-refractivity contribution in [3.63, 3.8) is 0 Å². The van der Waals surface area contributed by atoms with E-state index < -0.39 is 0 Å². The minimum absolute atomic E-state index is 0.0590.